The van der Waals surface area contributed by atoms with E-state index in [1.54, 1.807) is 14.2 Å². The highest BCUT2D eigenvalue weighted by molar-refractivity contribution is 14.1. The molecule has 0 aliphatic heterocycles. The zero-order valence-electron chi connectivity index (χ0n) is 12.5. The standard InChI is InChI=1S/C17H20INO2/c1-4-19-17(12-6-5-7-14(18)8-12)13-9-15(20-2)11-16(10-13)21-3/h5-11,17,19H,4H2,1-3H3. The van der Waals surface area contributed by atoms with Crippen molar-refractivity contribution in [2.45, 2.75) is 13.0 Å². The Morgan fingerprint density at radius 1 is 1.00 bits per heavy atom. The first-order valence-electron chi connectivity index (χ1n) is 6.89. The molecule has 0 aromatic heterocycles. The molecule has 1 N–H and O–H groups in total. The molecule has 0 spiro atoms. The smallest absolute Gasteiger partial charge is 0.122 e. The molecule has 3 nitrogen and oxygen atoms in total. The van der Waals surface area contributed by atoms with Crippen LogP contribution in [0.25, 0.3) is 0 Å². The third-order valence-electron chi connectivity index (χ3n) is 3.30. The third kappa shape index (κ3) is 4.11. The fourth-order valence-corrected chi connectivity index (χ4v) is 2.88. The van der Waals surface area contributed by atoms with Crippen LogP contribution >= 0.6 is 22.6 Å². The largest absolute Gasteiger partial charge is 0.497 e. The number of rotatable bonds is 6. The first-order chi connectivity index (χ1) is 10.2. The van der Waals surface area contributed by atoms with Gasteiger partial charge in [-0.05, 0) is 64.5 Å². The SMILES string of the molecule is CCNC(c1cccc(I)c1)c1cc(OC)cc(OC)c1. The van der Waals surface area contributed by atoms with E-state index in [1.165, 1.54) is 9.13 Å². The van der Waals surface area contributed by atoms with Crippen LogP contribution in [0.2, 0.25) is 0 Å². The van der Waals surface area contributed by atoms with Crippen LogP contribution in [0.5, 0.6) is 11.5 Å². The monoisotopic (exact) mass is 397 g/mol. The Bertz CT molecular complexity index is 579. The van der Waals surface area contributed by atoms with Gasteiger partial charge < -0.3 is 14.8 Å². The van der Waals surface area contributed by atoms with Crippen molar-refractivity contribution in [1.82, 2.24) is 5.32 Å². The van der Waals surface area contributed by atoms with Gasteiger partial charge in [0.15, 0.2) is 0 Å². The zero-order chi connectivity index (χ0) is 15.2. The highest BCUT2D eigenvalue weighted by Gasteiger charge is 2.15. The maximum atomic E-state index is 5.38. The summed E-state index contributed by atoms with van der Waals surface area (Å²) in [7, 11) is 3.35. The summed E-state index contributed by atoms with van der Waals surface area (Å²) in [4.78, 5) is 0. The van der Waals surface area contributed by atoms with Crippen LogP contribution in [-0.2, 0) is 0 Å². The summed E-state index contributed by atoms with van der Waals surface area (Å²) in [5.41, 5.74) is 2.37. The summed E-state index contributed by atoms with van der Waals surface area (Å²) in [6, 6.07) is 14.6. The first kappa shape index (κ1) is 16.1. The molecule has 2 aromatic rings. The van der Waals surface area contributed by atoms with Gasteiger partial charge in [-0.1, -0.05) is 19.1 Å². The van der Waals surface area contributed by atoms with E-state index in [2.05, 4.69) is 71.2 Å². The molecule has 0 saturated carbocycles. The van der Waals surface area contributed by atoms with E-state index >= 15 is 0 Å². The van der Waals surface area contributed by atoms with Gasteiger partial charge in [0.05, 0.1) is 20.3 Å². The summed E-state index contributed by atoms with van der Waals surface area (Å²) >= 11 is 2.34. The molecular weight excluding hydrogens is 377 g/mol. The first-order valence-corrected chi connectivity index (χ1v) is 7.97. The van der Waals surface area contributed by atoms with Crippen molar-refractivity contribution < 1.29 is 9.47 Å². The molecule has 0 amide bonds. The molecule has 1 unspecified atom stereocenters. The second kappa shape index (κ2) is 7.66. The van der Waals surface area contributed by atoms with Crippen molar-refractivity contribution in [3.63, 3.8) is 0 Å². The molecule has 0 aliphatic rings. The lowest BCUT2D eigenvalue weighted by Gasteiger charge is -2.20. The van der Waals surface area contributed by atoms with E-state index in [1.807, 2.05) is 6.07 Å². The molecule has 0 radical (unpaired) electrons. The Morgan fingerprint density at radius 3 is 2.19 bits per heavy atom. The molecule has 0 bridgehead atoms. The van der Waals surface area contributed by atoms with E-state index in [-0.39, 0.29) is 6.04 Å². The van der Waals surface area contributed by atoms with Crippen LogP contribution in [0.15, 0.2) is 42.5 Å². The molecule has 2 aromatic carbocycles. The molecule has 4 heteroatoms. The lowest BCUT2D eigenvalue weighted by Crippen LogP contribution is -2.22. The number of benzene rings is 2. The van der Waals surface area contributed by atoms with Gasteiger partial charge in [0.1, 0.15) is 11.5 Å². The molecule has 0 heterocycles. The van der Waals surface area contributed by atoms with Crippen molar-refractivity contribution in [3.8, 4) is 11.5 Å². The molecule has 21 heavy (non-hydrogen) atoms. The normalized spacial score (nSPS) is 12.0. The van der Waals surface area contributed by atoms with Crippen LogP contribution in [0.1, 0.15) is 24.1 Å². The second-order valence-electron chi connectivity index (χ2n) is 4.69. The molecular formula is C17H20INO2. The minimum absolute atomic E-state index is 0.119. The Morgan fingerprint density at radius 2 is 1.67 bits per heavy atom. The quantitative estimate of drug-likeness (QED) is 0.748. The zero-order valence-corrected chi connectivity index (χ0v) is 14.7. The minimum atomic E-state index is 0.119. The van der Waals surface area contributed by atoms with Gasteiger partial charge >= 0.3 is 0 Å². The molecule has 2 rings (SSSR count). The van der Waals surface area contributed by atoms with Crippen molar-refractivity contribution in [2.24, 2.45) is 0 Å². The summed E-state index contributed by atoms with van der Waals surface area (Å²) < 4.78 is 12.0. The van der Waals surface area contributed by atoms with Crippen molar-refractivity contribution >= 4 is 22.6 Å². The van der Waals surface area contributed by atoms with Crippen molar-refractivity contribution in [3.05, 3.63) is 57.2 Å². The van der Waals surface area contributed by atoms with Crippen LogP contribution in [0, 0.1) is 3.57 Å². The molecule has 0 saturated heterocycles. The number of hydrogen-bond acceptors (Lipinski definition) is 3. The summed E-state index contributed by atoms with van der Waals surface area (Å²) in [5.74, 6) is 1.61. The maximum absolute atomic E-state index is 5.38. The number of nitrogens with one attached hydrogen (secondary N) is 1. The summed E-state index contributed by atoms with van der Waals surface area (Å²) in [5, 5.41) is 3.53. The van der Waals surface area contributed by atoms with E-state index < -0.39 is 0 Å². The van der Waals surface area contributed by atoms with E-state index in [0.717, 1.165) is 23.6 Å². The van der Waals surface area contributed by atoms with E-state index in [9.17, 15) is 0 Å². The molecule has 0 aliphatic carbocycles. The fraction of sp³-hybridized carbons (Fsp3) is 0.294. The fourth-order valence-electron chi connectivity index (χ4n) is 2.31. The van der Waals surface area contributed by atoms with Gasteiger partial charge in [0.2, 0.25) is 0 Å². The van der Waals surface area contributed by atoms with Gasteiger partial charge in [-0.25, -0.2) is 0 Å². The van der Waals surface area contributed by atoms with Crippen molar-refractivity contribution in [2.75, 3.05) is 20.8 Å². The second-order valence-corrected chi connectivity index (χ2v) is 5.94. The highest BCUT2D eigenvalue weighted by atomic mass is 127. The molecule has 0 fully saturated rings. The van der Waals surface area contributed by atoms with Crippen LogP contribution in [0.4, 0.5) is 0 Å². The van der Waals surface area contributed by atoms with Gasteiger partial charge in [-0.15, -0.1) is 0 Å². The van der Waals surface area contributed by atoms with Crippen LogP contribution < -0.4 is 14.8 Å². The highest BCUT2D eigenvalue weighted by Crippen LogP contribution is 2.30. The number of methoxy groups -OCH3 is 2. The Kier molecular flexibility index (Phi) is 5.87. The minimum Gasteiger partial charge on any atom is -0.497 e. The van der Waals surface area contributed by atoms with Gasteiger partial charge in [0, 0.05) is 9.64 Å². The van der Waals surface area contributed by atoms with Gasteiger partial charge in [0.25, 0.3) is 0 Å². The van der Waals surface area contributed by atoms with E-state index in [0.29, 0.717) is 0 Å². The van der Waals surface area contributed by atoms with Gasteiger partial charge in [-0.2, -0.15) is 0 Å². The number of halogens is 1. The molecule has 112 valence electrons. The lowest BCUT2D eigenvalue weighted by molar-refractivity contribution is 0.392. The predicted octanol–water partition coefficient (Wildman–Crippen LogP) is 4.01. The lowest BCUT2D eigenvalue weighted by atomic mass is 9.98. The Balaban J connectivity index is 2.46. The average molecular weight is 397 g/mol. The summed E-state index contributed by atoms with van der Waals surface area (Å²) in [6.07, 6.45) is 0. The predicted molar refractivity (Wildman–Crippen MR) is 94.2 cm³/mol. The van der Waals surface area contributed by atoms with Crippen LogP contribution in [0.3, 0.4) is 0 Å². The van der Waals surface area contributed by atoms with Gasteiger partial charge in [-0.3, -0.25) is 0 Å². The van der Waals surface area contributed by atoms with Crippen LogP contribution in [-0.4, -0.2) is 20.8 Å². The Labute approximate surface area is 139 Å². The molecule has 1 atom stereocenters. The Hall–Kier alpha value is -1.27. The number of ether oxygens (including phenoxy) is 2. The summed E-state index contributed by atoms with van der Waals surface area (Å²) in [6.45, 7) is 2.99. The average Bonchev–Trinajstić information content (AvgIpc) is 2.52. The number of hydrogen-bond donors (Lipinski definition) is 1. The van der Waals surface area contributed by atoms with Crippen molar-refractivity contribution in [1.29, 1.82) is 0 Å². The maximum Gasteiger partial charge on any atom is 0.122 e. The third-order valence-corrected chi connectivity index (χ3v) is 3.97. The van der Waals surface area contributed by atoms with E-state index in [4.69, 9.17) is 9.47 Å². The topological polar surface area (TPSA) is 30.5 Å².